The van der Waals surface area contributed by atoms with Crippen LogP contribution in [0.3, 0.4) is 0 Å². The molecule has 224 valence electrons. The zero-order valence-corrected chi connectivity index (χ0v) is 23.3. The van der Waals surface area contributed by atoms with Crippen LogP contribution in [0, 0.1) is 0 Å². The number of pyridine rings is 1. The molecule has 2 fully saturated rings. The molecule has 3 aromatic rings. The largest absolute Gasteiger partial charge is 0.417 e. The first-order valence-corrected chi connectivity index (χ1v) is 13.8. The summed E-state index contributed by atoms with van der Waals surface area (Å²) in [6.07, 6.45) is 1.73. The molecule has 0 saturated carbocycles. The van der Waals surface area contributed by atoms with E-state index < -0.39 is 11.7 Å². The number of allylic oxidation sites excluding steroid dienone is 2. The van der Waals surface area contributed by atoms with Crippen LogP contribution in [0.25, 0.3) is 16.9 Å². The standard InChI is InChI=1S/C28H33F3N8O3/c1-2-3-20(40)4-5-25(41)37-8-6-36(7-9-37)17-19-14-23-27(38-10-12-42-13-11-38)34-26(35-39(23)18-19)21-16-33-24(32)15-22(21)28(29,30)31/h2-3,14-16,18H,4-13,17H2,1H3,(H2,32,33)/b3-2-. The monoisotopic (exact) mass is 586 g/mol. The Morgan fingerprint density at radius 1 is 1.07 bits per heavy atom. The Morgan fingerprint density at radius 3 is 2.50 bits per heavy atom. The zero-order chi connectivity index (χ0) is 29.9. The fourth-order valence-corrected chi connectivity index (χ4v) is 5.20. The van der Waals surface area contributed by atoms with Gasteiger partial charge < -0.3 is 20.3 Å². The molecule has 0 aliphatic carbocycles. The number of ketones is 1. The van der Waals surface area contributed by atoms with Crippen LogP contribution < -0.4 is 10.6 Å². The van der Waals surface area contributed by atoms with E-state index in [1.807, 2.05) is 11.0 Å². The Hall–Kier alpha value is -4.04. The van der Waals surface area contributed by atoms with Gasteiger partial charge in [-0.2, -0.15) is 13.2 Å². The first kappa shape index (κ1) is 29.5. The lowest BCUT2D eigenvalue weighted by molar-refractivity contribution is -0.137. The third-order valence-electron chi connectivity index (χ3n) is 7.35. The number of morpholine rings is 1. The van der Waals surface area contributed by atoms with Gasteiger partial charge in [0.15, 0.2) is 17.4 Å². The van der Waals surface area contributed by atoms with E-state index >= 15 is 0 Å². The molecule has 2 N–H and O–H groups in total. The molecule has 42 heavy (non-hydrogen) atoms. The second-order valence-electron chi connectivity index (χ2n) is 10.3. The number of amides is 1. The van der Waals surface area contributed by atoms with Crippen LogP contribution >= 0.6 is 0 Å². The quantitative estimate of drug-likeness (QED) is 0.397. The summed E-state index contributed by atoms with van der Waals surface area (Å²) in [4.78, 5) is 38.7. The van der Waals surface area contributed by atoms with E-state index in [1.165, 1.54) is 6.08 Å². The van der Waals surface area contributed by atoms with Gasteiger partial charge in [0.05, 0.1) is 24.3 Å². The molecule has 11 nitrogen and oxygen atoms in total. The fourth-order valence-electron chi connectivity index (χ4n) is 5.20. The number of hydrogen-bond donors (Lipinski definition) is 1. The maximum Gasteiger partial charge on any atom is 0.417 e. The molecule has 0 bridgehead atoms. The summed E-state index contributed by atoms with van der Waals surface area (Å²) in [6.45, 7) is 6.77. The number of carbonyl (C=O) groups excluding carboxylic acids is 2. The summed E-state index contributed by atoms with van der Waals surface area (Å²) in [6, 6.07) is 2.74. The van der Waals surface area contributed by atoms with Crippen molar-refractivity contribution < 1.29 is 27.5 Å². The van der Waals surface area contributed by atoms with Crippen molar-refractivity contribution in [3.63, 3.8) is 0 Å². The molecule has 0 spiro atoms. The predicted molar refractivity (Wildman–Crippen MR) is 150 cm³/mol. The topological polar surface area (TPSA) is 122 Å². The number of nitrogens with two attached hydrogens (primary N) is 1. The second-order valence-corrected chi connectivity index (χ2v) is 10.3. The van der Waals surface area contributed by atoms with Crippen molar-refractivity contribution in [3.8, 4) is 11.4 Å². The van der Waals surface area contributed by atoms with Crippen LogP contribution in [0.1, 0.15) is 30.9 Å². The minimum atomic E-state index is -4.67. The number of alkyl halides is 3. The Balaban J connectivity index is 1.37. The van der Waals surface area contributed by atoms with Crippen molar-refractivity contribution in [2.24, 2.45) is 0 Å². The van der Waals surface area contributed by atoms with E-state index in [4.69, 9.17) is 10.5 Å². The molecule has 0 aromatic carbocycles. The highest BCUT2D eigenvalue weighted by Gasteiger charge is 2.35. The number of fused-ring (bicyclic) bond motifs is 1. The van der Waals surface area contributed by atoms with Crippen LogP contribution in [-0.4, -0.2) is 93.6 Å². The van der Waals surface area contributed by atoms with Gasteiger partial charge in [0.1, 0.15) is 11.3 Å². The third kappa shape index (κ3) is 6.71. The Bertz CT molecular complexity index is 1480. The maximum absolute atomic E-state index is 13.9. The summed E-state index contributed by atoms with van der Waals surface area (Å²) in [5, 5.41) is 4.46. The average Bonchev–Trinajstić information content (AvgIpc) is 3.38. The number of aromatic nitrogens is 4. The molecule has 0 atom stereocenters. The van der Waals surface area contributed by atoms with E-state index in [0.717, 1.165) is 17.8 Å². The minimum absolute atomic E-state index is 0.0320. The van der Waals surface area contributed by atoms with Crippen LogP contribution in [0.5, 0.6) is 0 Å². The van der Waals surface area contributed by atoms with Crippen molar-refractivity contribution in [2.75, 3.05) is 63.1 Å². The number of carbonyl (C=O) groups is 2. The molecule has 2 aliphatic heterocycles. The Morgan fingerprint density at radius 2 is 1.81 bits per heavy atom. The van der Waals surface area contributed by atoms with Gasteiger partial charge in [0, 0.05) is 71.0 Å². The highest BCUT2D eigenvalue weighted by atomic mass is 19.4. The highest BCUT2D eigenvalue weighted by Crippen LogP contribution is 2.37. The van der Waals surface area contributed by atoms with Crippen LogP contribution in [0.4, 0.5) is 24.8 Å². The molecule has 5 heterocycles. The van der Waals surface area contributed by atoms with Crippen LogP contribution in [0.15, 0.2) is 36.7 Å². The van der Waals surface area contributed by atoms with E-state index in [0.29, 0.717) is 70.4 Å². The van der Waals surface area contributed by atoms with Gasteiger partial charge in [-0.1, -0.05) is 6.08 Å². The van der Waals surface area contributed by atoms with Crippen LogP contribution in [-0.2, 0) is 27.0 Å². The molecule has 5 rings (SSSR count). The van der Waals surface area contributed by atoms with Crippen molar-refractivity contribution >= 4 is 28.8 Å². The summed E-state index contributed by atoms with van der Waals surface area (Å²) in [5.41, 5.74) is 5.96. The highest BCUT2D eigenvalue weighted by molar-refractivity contribution is 5.92. The molecule has 2 aliphatic rings. The third-order valence-corrected chi connectivity index (χ3v) is 7.35. The molecule has 0 radical (unpaired) electrons. The molecule has 14 heteroatoms. The number of halogens is 3. The second kappa shape index (κ2) is 12.4. The Kier molecular flexibility index (Phi) is 8.73. The first-order valence-electron chi connectivity index (χ1n) is 13.8. The van der Waals surface area contributed by atoms with E-state index in [-0.39, 0.29) is 41.7 Å². The van der Waals surface area contributed by atoms with Crippen LogP contribution in [0.2, 0.25) is 0 Å². The average molecular weight is 587 g/mol. The van der Waals surface area contributed by atoms with E-state index in [9.17, 15) is 22.8 Å². The van der Waals surface area contributed by atoms with Crippen molar-refractivity contribution in [2.45, 2.75) is 32.5 Å². The summed E-state index contributed by atoms with van der Waals surface area (Å²) >= 11 is 0. The van der Waals surface area contributed by atoms with E-state index in [2.05, 4.69) is 20.0 Å². The van der Waals surface area contributed by atoms with Gasteiger partial charge in [0.25, 0.3) is 0 Å². The molecule has 1 amide bonds. The van der Waals surface area contributed by atoms with Gasteiger partial charge in [-0.25, -0.2) is 14.5 Å². The van der Waals surface area contributed by atoms with E-state index in [1.54, 1.807) is 28.6 Å². The first-order chi connectivity index (χ1) is 20.1. The van der Waals surface area contributed by atoms with Gasteiger partial charge in [-0.15, -0.1) is 5.10 Å². The smallest absolute Gasteiger partial charge is 0.384 e. The summed E-state index contributed by atoms with van der Waals surface area (Å²) in [7, 11) is 0. The number of ether oxygens (including phenoxy) is 1. The molecule has 3 aromatic heterocycles. The zero-order valence-electron chi connectivity index (χ0n) is 23.3. The fraction of sp³-hybridized carbons (Fsp3) is 0.464. The molecular formula is C28H33F3N8O3. The van der Waals surface area contributed by atoms with Gasteiger partial charge in [-0.3, -0.25) is 14.5 Å². The van der Waals surface area contributed by atoms with Crippen molar-refractivity contribution in [3.05, 3.63) is 47.8 Å². The number of nitrogens with zero attached hydrogens (tertiary/aromatic N) is 7. The van der Waals surface area contributed by atoms with Gasteiger partial charge in [-0.05, 0) is 30.7 Å². The molecular weight excluding hydrogens is 553 g/mol. The van der Waals surface area contributed by atoms with Gasteiger partial charge in [0.2, 0.25) is 5.91 Å². The number of piperazine rings is 1. The lowest BCUT2D eigenvalue weighted by atomic mass is 10.1. The van der Waals surface area contributed by atoms with Crippen molar-refractivity contribution in [1.82, 2.24) is 29.4 Å². The number of nitrogen functional groups attached to an aromatic ring is 1. The Labute approximate surface area is 240 Å². The molecule has 2 saturated heterocycles. The minimum Gasteiger partial charge on any atom is -0.384 e. The maximum atomic E-state index is 13.9. The number of rotatable bonds is 8. The lowest BCUT2D eigenvalue weighted by Crippen LogP contribution is -2.48. The van der Waals surface area contributed by atoms with Gasteiger partial charge >= 0.3 is 6.18 Å². The molecule has 0 unspecified atom stereocenters. The lowest BCUT2D eigenvalue weighted by Gasteiger charge is -2.34. The summed E-state index contributed by atoms with van der Waals surface area (Å²) in [5.74, 6) is 0.0758. The SMILES string of the molecule is C/C=C\C(=O)CCC(=O)N1CCN(Cc2cc3c(N4CCOCC4)nc(-c4cnc(N)cc4C(F)(F)F)nn3c2)CC1. The van der Waals surface area contributed by atoms with Crippen molar-refractivity contribution in [1.29, 1.82) is 0 Å². The number of anilines is 2. The summed E-state index contributed by atoms with van der Waals surface area (Å²) < 4.78 is 48.8. The number of hydrogen-bond acceptors (Lipinski definition) is 9. The normalized spacial score (nSPS) is 17.0. The predicted octanol–water partition coefficient (Wildman–Crippen LogP) is 2.80.